The van der Waals surface area contributed by atoms with Crippen LogP contribution in [0.5, 0.6) is 0 Å². The predicted molar refractivity (Wildman–Crippen MR) is 109 cm³/mol. The Kier molecular flexibility index (Phi) is 4.75. The Bertz CT molecular complexity index is 1230. The van der Waals surface area contributed by atoms with E-state index in [9.17, 15) is 9.59 Å². The van der Waals surface area contributed by atoms with E-state index in [4.69, 9.17) is 16.3 Å². The molecule has 140 valence electrons. The highest BCUT2D eigenvalue weighted by Gasteiger charge is 2.16. The summed E-state index contributed by atoms with van der Waals surface area (Å²) < 4.78 is 8.10. The number of carbonyl (C=O) groups is 1. The Morgan fingerprint density at radius 3 is 2.50 bits per heavy atom. The zero-order valence-electron chi connectivity index (χ0n) is 15.1. The van der Waals surface area contributed by atoms with Gasteiger partial charge in [0.05, 0.1) is 35.9 Å². The number of hydrogen-bond donors (Lipinski definition) is 0. The Labute approximate surface area is 166 Å². The Morgan fingerprint density at radius 2 is 1.75 bits per heavy atom. The van der Waals surface area contributed by atoms with E-state index in [1.54, 1.807) is 39.5 Å². The van der Waals surface area contributed by atoms with Crippen molar-refractivity contribution in [3.05, 3.63) is 99.4 Å². The van der Waals surface area contributed by atoms with Crippen LogP contribution in [0.4, 0.5) is 0 Å². The zero-order chi connectivity index (χ0) is 19.7. The first kappa shape index (κ1) is 18.1. The van der Waals surface area contributed by atoms with Crippen LogP contribution < -0.4 is 5.69 Å². The van der Waals surface area contributed by atoms with Crippen LogP contribution in [0.3, 0.4) is 0 Å². The molecule has 5 nitrogen and oxygen atoms in total. The number of ether oxygens (including phenoxy) is 1. The zero-order valence-corrected chi connectivity index (χ0v) is 15.9. The van der Waals surface area contributed by atoms with Gasteiger partial charge in [-0.3, -0.25) is 9.13 Å². The van der Waals surface area contributed by atoms with E-state index in [0.29, 0.717) is 17.1 Å². The van der Waals surface area contributed by atoms with Crippen molar-refractivity contribution >= 4 is 28.6 Å². The number of carbonyl (C=O) groups excluding carboxylic acids is 1. The third-order valence-electron chi connectivity index (χ3n) is 4.59. The molecular formula is C22H17ClN2O3. The molecule has 0 saturated carbocycles. The van der Waals surface area contributed by atoms with Crippen molar-refractivity contribution in [2.24, 2.45) is 0 Å². The molecule has 0 aliphatic carbocycles. The van der Waals surface area contributed by atoms with Crippen LogP contribution in [0, 0.1) is 0 Å². The highest BCUT2D eigenvalue weighted by Crippen LogP contribution is 2.22. The number of halogens is 1. The highest BCUT2D eigenvalue weighted by atomic mass is 35.5. The van der Waals surface area contributed by atoms with Gasteiger partial charge in [0.25, 0.3) is 0 Å². The van der Waals surface area contributed by atoms with Crippen LogP contribution in [0.15, 0.2) is 77.6 Å². The number of aromatic nitrogens is 2. The van der Waals surface area contributed by atoms with E-state index in [1.165, 1.54) is 7.11 Å². The number of nitrogens with zero attached hydrogens (tertiary/aromatic N) is 2. The third-order valence-corrected chi connectivity index (χ3v) is 4.83. The SMILES string of the molecule is COC(=O)c1cccc(Cn2c(=O)n(-c3ccccc3)c3cc(Cl)ccc32)c1. The summed E-state index contributed by atoms with van der Waals surface area (Å²) in [6.07, 6.45) is 0. The molecular weight excluding hydrogens is 376 g/mol. The van der Waals surface area contributed by atoms with Gasteiger partial charge in [-0.1, -0.05) is 41.9 Å². The van der Waals surface area contributed by atoms with Gasteiger partial charge in [-0.25, -0.2) is 9.59 Å². The fraction of sp³-hybridized carbons (Fsp3) is 0.0909. The topological polar surface area (TPSA) is 53.2 Å². The molecule has 0 aliphatic rings. The summed E-state index contributed by atoms with van der Waals surface area (Å²) in [5.74, 6) is -0.410. The second-order valence-electron chi connectivity index (χ2n) is 6.36. The molecule has 0 amide bonds. The fourth-order valence-electron chi connectivity index (χ4n) is 3.31. The molecule has 0 radical (unpaired) electrons. The molecule has 0 bridgehead atoms. The number of imidazole rings is 1. The molecule has 0 fully saturated rings. The van der Waals surface area contributed by atoms with Crippen molar-refractivity contribution < 1.29 is 9.53 Å². The van der Waals surface area contributed by atoms with Crippen molar-refractivity contribution in [2.75, 3.05) is 7.11 Å². The minimum absolute atomic E-state index is 0.174. The van der Waals surface area contributed by atoms with Crippen LogP contribution in [-0.4, -0.2) is 22.2 Å². The van der Waals surface area contributed by atoms with Crippen molar-refractivity contribution in [1.82, 2.24) is 9.13 Å². The summed E-state index contributed by atoms with van der Waals surface area (Å²) in [5.41, 5.74) is 3.36. The summed E-state index contributed by atoms with van der Waals surface area (Å²) in [7, 11) is 1.34. The van der Waals surface area contributed by atoms with Gasteiger partial charge in [-0.05, 0) is 48.0 Å². The molecule has 4 aromatic rings. The Balaban J connectivity index is 1.88. The minimum atomic E-state index is -0.410. The van der Waals surface area contributed by atoms with Gasteiger partial charge in [-0.2, -0.15) is 0 Å². The number of benzene rings is 3. The molecule has 0 saturated heterocycles. The lowest BCUT2D eigenvalue weighted by Crippen LogP contribution is -2.23. The van der Waals surface area contributed by atoms with Gasteiger partial charge in [-0.15, -0.1) is 0 Å². The Morgan fingerprint density at radius 1 is 0.964 bits per heavy atom. The van der Waals surface area contributed by atoms with E-state index in [-0.39, 0.29) is 5.69 Å². The third kappa shape index (κ3) is 3.21. The average Bonchev–Trinajstić information content (AvgIpc) is 2.99. The molecule has 28 heavy (non-hydrogen) atoms. The van der Waals surface area contributed by atoms with Crippen molar-refractivity contribution in [2.45, 2.75) is 6.54 Å². The van der Waals surface area contributed by atoms with Gasteiger partial charge < -0.3 is 4.74 Å². The molecule has 0 unspecified atom stereocenters. The molecule has 4 rings (SSSR count). The number of rotatable bonds is 4. The maximum absolute atomic E-state index is 13.3. The van der Waals surface area contributed by atoms with Crippen molar-refractivity contribution in [3.8, 4) is 5.69 Å². The van der Waals surface area contributed by atoms with Crippen molar-refractivity contribution in [3.63, 3.8) is 0 Å². The van der Waals surface area contributed by atoms with Crippen LogP contribution >= 0.6 is 11.6 Å². The van der Waals surface area contributed by atoms with E-state index >= 15 is 0 Å². The average molecular weight is 393 g/mol. The first-order valence-electron chi connectivity index (χ1n) is 8.72. The maximum Gasteiger partial charge on any atom is 0.337 e. The smallest absolute Gasteiger partial charge is 0.337 e. The number of hydrogen-bond acceptors (Lipinski definition) is 3. The largest absolute Gasteiger partial charge is 0.465 e. The Hall–Kier alpha value is -3.31. The quantitative estimate of drug-likeness (QED) is 0.487. The lowest BCUT2D eigenvalue weighted by atomic mass is 10.1. The molecule has 1 heterocycles. The van der Waals surface area contributed by atoms with Crippen molar-refractivity contribution in [1.29, 1.82) is 0 Å². The van der Waals surface area contributed by atoms with E-state index in [0.717, 1.165) is 22.3 Å². The first-order valence-corrected chi connectivity index (χ1v) is 9.10. The number of methoxy groups -OCH3 is 1. The number of fused-ring (bicyclic) bond motifs is 1. The summed E-state index contributed by atoms with van der Waals surface area (Å²) in [6.45, 7) is 0.321. The standard InChI is InChI=1S/C22H17ClN2O3/c1-28-21(26)16-7-5-6-15(12-16)14-24-19-11-10-17(23)13-20(19)25(22(24)27)18-8-3-2-4-9-18/h2-13H,14H2,1H3. The normalized spacial score (nSPS) is 10.9. The van der Waals surface area contributed by atoms with Crippen LogP contribution in [-0.2, 0) is 11.3 Å². The van der Waals surface area contributed by atoms with E-state index in [2.05, 4.69) is 0 Å². The minimum Gasteiger partial charge on any atom is -0.465 e. The van der Waals surface area contributed by atoms with Gasteiger partial charge in [0.2, 0.25) is 0 Å². The molecule has 0 N–H and O–H groups in total. The monoisotopic (exact) mass is 392 g/mol. The number of para-hydroxylation sites is 1. The molecule has 0 atom stereocenters. The van der Waals surface area contributed by atoms with Gasteiger partial charge >= 0.3 is 11.7 Å². The summed E-state index contributed by atoms with van der Waals surface area (Å²) in [4.78, 5) is 25.1. The van der Waals surface area contributed by atoms with E-state index < -0.39 is 5.97 Å². The van der Waals surface area contributed by atoms with E-state index in [1.807, 2.05) is 42.5 Å². The van der Waals surface area contributed by atoms with Crippen LogP contribution in [0.1, 0.15) is 15.9 Å². The molecule has 6 heteroatoms. The summed E-state index contributed by atoms with van der Waals surface area (Å²) in [6, 6.07) is 21.9. The van der Waals surface area contributed by atoms with Gasteiger partial charge in [0.15, 0.2) is 0 Å². The summed E-state index contributed by atoms with van der Waals surface area (Å²) >= 11 is 6.20. The number of esters is 1. The second-order valence-corrected chi connectivity index (χ2v) is 6.80. The first-order chi connectivity index (χ1) is 13.6. The lowest BCUT2D eigenvalue weighted by molar-refractivity contribution is 0.0600. The molecule has 0 spiro atoms. The fourth-order valence-corrected chi connectivity index (χ4v) is 3.47. The lowest BCUT2D eigenvalue weighted by Gasteiger charge is -2.06. The molecule has 3 aromatic carbocycles. The predicted octanol–water partition coefficient (Wildman–Crippen LogP) is 4.28. The van der Waals surface area contributed by atoms with Gasteiger partial charge in [0, 0.05) is 5.02 Å². The van der Waals surface area contributed by atoms with Crippen LogP contribution in [0.2, 0.25) is 5.02 Å². The van der Waals surface area contributed by atoms with Gasteiger partial charge in [0.1, 0.15) is 0 Å². The van der Waals surface area contributed by atoms with Crippen LogP contribution in [0.25, 0.3) is 16.7 Å². The summed E-state index contributed by atoms with van der Waals surface area (Å²) in [5, 5.41) is 0.557. The highest BCUT2D eigenvalue weighted by molar-refractivity contribution is 6.31. The molecule has 1 aromatic heterocycles. The molecule has 0 aliphatic heterocycles. The second kappa shape index (κ2) is 7.37. The maximum atomic E-state index is 13.3.